The predicted molar refractivity (Wildman–Crippen MR) is 74.4 cm³/mol. The zero-order chi connectivity index (χ0) is 14.0. The fourth-order valence-electron chi connectivity index (χ4n) is 2.27. The smallest absolute Gasteiger partial charge is 0.272 e. The Balaban J connectivity index is 2.16. The minimum Gasteiger partial charge on any atom is -0.369 e. The number of rotatable bonds is 2. The second kappa shape index (κ2) is 5.69. The van der Waals surface area contributed by atoms with Crippen molar-refractivity contribution < 1.29 is 9.59 Å². The van der Waals surface area contributed by atoms with E-state index >= 15 is 0 Å². The standard InChI is InChI=1S/C13H16BrN3O2/c1-8-2-3-9(12(15)18)7-17(8)13(19)11-5-4-10(14)6-16-11/h4-6,8-9H,2-3,7H2,1H3,(H2,15,18). The van der Waals surface area contributed by atoms with E-state index in [1.807, 2.05) is 6.92 Å². The molecule has 1 aromatic heterocycles. The monoisotopic (exact) mass is 325 g/mol. The van der Waals surface area contributed by atoms with Crippen molar-refractivity contribution in [2.75, 3.05) is 6.54 Å². The number of hydrogen-bond donors (Lipinski definition) is 1. The summed E-state index contributed by atoms with van der Waals surface area (Å²) in [5, 5.41) is 0. The molecule has 0 spiro atoms. The molecule has 0 saturated carbocycles. The Bertz CT molecular complexity index is 489. The van der Waals surface area contributed by atoms with Gasteiger partial charge in [0.2, 0.25) is 5.91 Å². The van der Waals surface area contributed by atoms with Gasteiger partial charge in [0, 0.05) is 23.3 Å². The van der Waals surface area contributed by atoms with Crippen LogP contribution in [-0.4, -0.2) is 34.3 Å². The number of nitrogens with zero attached hydrogens (tertiary/aromatic N) is 2. The quantitative estimate of drug-likeness (QED) is 0.896. The van der Waals surface area contributed by atoms with E-state index in [2.05, 4.69) is 20.9 Å². The zero-order valence-corrected chi connectivity index (χ0v) is 12.3. The molecule has 0 radical (unpaired) electrons. The Hall–Kier alpha value is -1.43. The van der Waals surface area contributed by atoms with Gasteiger partial charge in [-0.15, -0.1) is 0 Å². The van der Waals surface area contributed by atoms with Crippen LogP contribution >= 0.6 is 15.9 Å². The molecule has 0 aliphatic carbocycles. The highest BCUT2D eigenvalue weighted by Gasteiger charge is 2.32. The predicted octanol–water partition coefficient (Wildman–Crippen LogP) is 1.57. The molecular formula is C13H16BrN3O2. The van der Waals surface area contributed by atoms with Crippen LogP contribution in [0.2, 0.25) is 0 Å². The first-order chi connectivity index (χ1) is 8.99. The maximum Gasteiger partial charge on any atom is 0.272 e. The summed E-state index contributed by atoms with van der Waals surface area (Å²) in [7, 11) is 0. The van der Waals surface area contributed by atoms with Crippen molar-refractivity contribution in [2.45, 2.75) is 25.8 Å². The summed E-state index contributed by atoms with van der Waals surface area (Å²) in [4.78, 5) is 29.5. The summed E-state index contributed by atoms with van der Waals surface area (Å²) >= 11 is 3.28. The topological polar surface area (TPSA) is 76.3 Å². The van der Waals surface area contributed by atoms with Crippen molar-refractivity contribution >= 4 is 27.7 Å². The first-order valence-electron chi connectivity index (χ1n) is 6.21. The molecule has 2 heterocycles. The molecule has 1 fully saturated rings. The van der Waals surface area contributed by atoms with Crippen molar-refractivity contribution in [3.63, 3.8) is 0 Å². The molecule has 2 rings (SSSR count). The van der Waals surface area contributed by atoms with Crippen LogP contribution in [0.1, 0.15) is 30.3 Å². The lowest BCUT2D eigenvalue weighted by Crippen LogP contribution is -2.48. The molecule has 2 atom stereocenters. The molecular weight excluding hydrogens is 310 g/mol. The minimum atomic E-state index is -0.339. The van der Waals surface area contributed by atoms with Gasteiger partial charge in [0.25, 0.3) is 5.91 Å². The first kappa shape index (κ1) is 14.0. The Morgan fingerprint density at radius 2 is 2.16 bits per heavy atom. The maximum atomic E-state index is 12.4. The van der Waals surface area contributed by atoms with Gasteiger partial charge in [0.05, 0.1) is 5.92 Å². The fraction of sp³-hybridized carbons (Fsp3) is 0.462. The molecule has 102 valence electrons. The number of aromatic nitrogens is 1. The molecule has 0 aromatic carbocycles. The molecule has 1 aromatic rings. The van der Waals surface area contributed by atoms with Crippen molar-refractivity contribution in [3.8, 4) is 0 Å². The Morgan fingerprint density at radius 1 is 1.42 bits per heavy atom. The Labute approximate surface area is 120 Å². The zero-order valence-electron chi connectivity index (χ0n) is 10.7. The lowest BCUT2D eigenvalue weighted by Gasteiger charge is -2.36. The SMILES string of the molecule is CC1CCC(C(N)=O)CN1C(=O)c1ccc(Br)cn1. The van der Waals surface area contributed by atoms with E-state index < -0.39 is 0 Å². The summed E-state index contributed by atoms with van der Waals surface area (Å²) in [6.45, 7) is 2.36. The van der Waals surface area contributed by atoms with Gasteiger partial charge in [-0.05, 0) is 47.8 Å². The van der Waals surface area contributed by atoms with Gasteiger partial charge in [-0.1, -0.05) is 0 Å². The van der Waals surface area contributed by atoms with Gasteiger partial charge in [-0.25, -0.2) is 4.98 Å². The first-order valence-corrected chi connectivity index (χ1v) is 7.00. The number of amides is 2. The number of hydrogen-bond acceptors (Lipinski definition) is 3. The summed E-state index contributed by atoms with van der Waals surface area (Å²) in [5.74, 6) is -0.741. The number of carbonyl (C=O) groups is 2. The van der Waals surface area contributed by atoms with Gasteiger partial charge < -0.3 is 10.6 Å². The molecule has 5 nitrogen and oxygen atoms in total. The fourth-order valence-corrected chi connectivity index (χ4v) is 2.51. The second-order valence-electron chi connectivity index (χ2n) is 4.84. The molecule has 1 saturated heterocycles. The van der Waals surface area contributed by atoms with Crippen molar-refractivity contribution in [1.82, 2.24) is 9.88 Å². The van der Waals surface area contributed by atoms with Crippen LogP contribution in [0.15, 0.2) is 22.8 Å². The Morgan fingerprint density at radius 3 is 2.74 bits per heavy atom. The lowest BCUT2D eigenvalue weighted by atomic mass is 9.92. The number of nitrogens with two attached hydrogens (primary N) is 1. The van der Waals surface area contributed by atoms with Gasteiger partial charge in [-0.3, -0.25) is 9.59 Å². The van der Waals surface area contributed by atoms with Crippen LogP contribution in [-0.2, 0) is 4.79 Å². The second-order valence-corrected chi connectivity index (χ2v) is 5.76. The summed E-state index contributed by atoms with van der Waals surface area (Å²) in [6, 6.07) is 3.56. The number of pyridine rings is 1. The van der Waals surface area contributed by atoms with E-state index in [1.165, 1.54) is 0 Å². The maximum absolute atomic E-state index is 12.4. The van der Waals surface area contributed by atoms with Gasteiger partial charge in [0.15, 0.2) is 0 Å². The van der Waals surface area contributed by atoms with Crippen molar-refractivity contribution in [2.24, 2.45) is 11.7 Å². The molecule has 6 heteroatoms. The number of likely N-dealkylation sites (tertiary alicyclic amines) is 1. The normalized spacial score (nSPS) is 23.2. The Kier molecular flexibility index (Phi) is 4.19. The van der Waals surface area contributed by atoms with Crippen LogP contribution < -0.4 is 5.73 Å². The number of primary amides is 1. The van der Waals surface area contributed by atoms with E-state index in [9.17, 15) is 9.59 Å². The van der Waals surface area contributed by atoms with Gasteiger partial charge >= 0.3 is 0 Å². The molecule has 2 N–H and O–H groups in total. The van der Waals surface area contributed by atoms with E-state index in [0.29, 0.717) is 12.2 Å². The third-order valence-corrected chi connectivity index (χ3v) is 3.96. The molecule has 2 amide bonds. The summed E-state index contributed by atoms with van der Waals surface area (Å²) in [6.07, 6.45) is 3.12. The highest BCUT2D eigenvalue weighted by atomic mass is 79.9. The van der Waals surface area contributed by atoms with E-state index in [0.717, 1.165) is 17.3 Å². The van der Waals surface area contributed by atoms with E-state index in [1.54, 1.807) is 23.2 Å². The van der Waals surface area contributed by atoms with Crippen LogP contribution in [0.3, 0.4) is 0 Å². The van der Waals surface area contributed by atoms with Crippen molar-refractivity contribution in [1.29, 1.82) is 0 Å². The third kappa shape index (κ3) is 3.12. The molecule has 1 aliphatic rings. The summed E-state index contributed by atoms with van der Waals surface area (Å²) in [5.41, 5.74) is 5.72. The molecule has 1 aliphatic heterocycles. The number of piperidine rings is 1. The summed E-state index contributed by atoms with van der Waals surface area (Å²) < 4.78 is 0.825. The van der Waals surface area contributed by atoms with Gasteiger partial charge in [-0.2, -0.15) is 0 Å². The van der Waals surface area contributed by atoms with Gasteiger partial charge in [0.1, 0.15) is 5.69 Å². The van der Waals surface area contributed by atoms with Crippen LogP contribution in [0, 0.1) is 5.92 Å². The lowest BCUT2D eigenvalue weighted by molar-refractivity contribution is -0.123. The van der Waals surface area contributed by atoms with E-state index in [-0.39, 0.29) is 23.8 Å². The number of halogens is 1. The largest absolute Gasteiger partial charge is 0.369 e. The van der Waals surface area contributed by atoms with E-state index in [4.69, 9.17) is 5.73 Å². The highest BCUT2D eigenvalue weighted by molar-refractivity contribution is 9.10. The molecule has 2 unspecified atom stereocenters. The van der Waals surface area contributed by atoms with Crippen LogP contribution in [0.25, 0.3) is 0 Å². The highest BCUT2D eigenvalue weighted by Crippen LogP contribution is 2.23. The molecule has 19 heavy (non-hydrogen) atoms. The molecule has 0 bridgehead atoms. The van der Waals surface area contributed by atoms with Crippen molar-refractivity contribution in [3.05, 3.63) is 28.5 Å². The van der Waals surface area contributed by atoms with Crippen LogP contribution in [0.4, 0.5) is 0 Å². The average Bonchev–Trinajstić information content (AvgIpc) is 2.39. The minimum absolute atomic E-state index is 0.105. The average molecular weight is 326 g/mol. The number of carbonyl (C=O) groups excluding carboxylic acids is 2. The van der Waals surface area contributed by atoms with Crippen LogP contribution in [0.5, 0.6) is 0 Å². The third-order valence-electron chi connectivity index (χ3n) is 3.49.